The Morgan fingerprint density at radius 3 is 1.68 bits per heavy atom. The van der Waals surface area contributed by atoms with E-state index in [1.54, 1.807) is 44.7 Å². The zero-order chi connectivity index (χ0) is 20.4. The van der Waals surface area contributed by atoms with Crippen molar-refractivity contribution in [3.63, 3.8) is 0 Å². The Kier molecular flexibility index (Phi) is 10.1. The molecule has 0 heterocycles. The summed E-state index contributed by atoms with van der Waals surface area (Å²) in [6, 6.07) is 16.1. The van der Waals surface area contributed by atoms with Gasteiger partial charge in [-0.3, -0.25) is 4.79 Å². The molecule has 1 atom stereocenters. The van der Waals surface area contributed by atoms with Crippen LogP contribution >= 0.6 is 39.5 Å². The first-order valence-electron chi connectivity index (χ1n) is 8.81. The van der Waals surface area contributed by atoms with E-state index in [0.717, 1.165) is 23.0 Å². The highest BCUT2D eigenvalue weighted by atomic mass is 79.9. The minimum atomic E-state index is -0.300. The molecule has 0 aromatic heterocycles. The van der Waals surface area contributed by atoms with Crippen LogP contribution < -0.4 is 9.47 Å². The van der Waals surface area contributed by atoms with Crippen LogP contribution in [0.3, 0.4) is 0 Å². The Morgan fingerprint density at radius 1 is 0.893 bits per heavy atom. The standard InChI is InChI=1S/C21H25BrO4S2/c1-15(22)21(23)26-12-20(27-13-16-4-8-18(24-2)9-5-16)28-14-17-6-10-19(25-3)11-7-17/h4-11,15,20H,12-14H2,1-3H3. The van der Waals surface area contributed by atoms with Crippen LogP contribution in [0.15, 0.2) is 48.5 Å². The Bertz CT molecular complexity index is 669. The summed E-state index contributed by atoms with van der Waals surface area (Å²) in [7, 11) is 3.32. The first-order valence-corrected chi connectivity index (χ1v) is 11.8. The summed E-state index contributed by atoms with van der Waals surface area (Å²) in [5.74, 6) is 3.14. The van der Waals surface area contributed by atoms with Crippen molar-refractivity contribution in [3.05, 3.63) is 59.7 Å². The van der Waals surface area contributed by atoms with Gasteiger partial charge in [0.05, 0.1) is 18.8 Å². The van der Waals surface area contributed by atoms with Gasteiger partial charge in [-0.2, -0.15) is 0 Å². The Hall–Kier alpha value is -1.31. The highest BCUT2D eigenvalue weighted by molar-refractivity contribution is 9.10. The lowest BCUT2D eigenvalue weighted by atomic mass is 10.2. The van der Waals surface area contributed by atoms with Crippen LogP contribution in [-0.4, -0.2) is 36.2 Å². The largest absolute Gasteiger partial charge is 0.497 e. The highest BCUT2D eigenvalue weighted by Gasteiger charge is 2.16. The second kappa shape index (κ2) is 12.3. The third kappa shape index (κ3) is 7.97. The number of carbonyl (C=O) groups is 1. The van der Waals surface area contributed by atoms with Gasteiger partial charge in [-0.05, 0) is 42.3 Å². The van der Waals surface area contributed by atoms with E-state index in [2.05, 4.69) is 40.2 Å². The summed E-state index contributed by atoms with van der Waals surface area (Å²) >= 11 is 6.80. The number of rotatable bonds is 11. The molecule has 0 bridgehead atoms. The van der Waals surface area contributed by atoms with Gasteiger partial charge in [-0.1, -0.05) is 40.2 Å². The number of thioether (sulfide) groups is 2. The zero-order valence-electron chi connectivity index (χ0n) is 16.2. The fraction of sp³-hybridized carbons (Fsp3) is 0.381. The lowest BCUT2D eigenvalue weighted by Crippen LogP contribution is -2.19. The van der Waals surface area contributed by atoms with Gasteiger partial charge in [-0.15, -0.1) is 23.5 Å². The maximum absolute atomic E-state index is 11.8. The van der Waals surface area contributed by atoms with Gasteiger partial charge >= 0.3 is 5.97 Å². The van der Waals surface area contributed by atoms with Crippen molar-refractivity contribution in [2.75, 3.05) is 20.8 Å². The summed E-state index contributed by atoms with van der Waals surface area (Å²) in [5.41, 5.74) is 2.42. The number of carbonyl (C=O) groups excluding carboxylic acids is 1. The molecule has 2 aromatic rings. The fourth-order valence-electron chi connectivity index (χ4n) is 2.23. The third-order valence-corrected chi connectivity index (χ3v) is 7.08. The number of benzene rings is 2. The van der Waals surface area contributed by atoms with Crippen LogP contribution in [0.5, 0.6) is 11.5 Å². The number of alkyl halides is 1. The summed E-state index contributed by atoms with van der Waals surface area (Å²) < 4.78 is 16.0. The molecule has 0 N–H and O–H groups in total. The zero-order valence-corrected chi connectivity index (χ0v) is 19.4. The van der Waals surface area contributed by atoms with E-state index in [4.69, 9.17) is 14.2 Å². The van der Waals surface area contributed by atoms with Gasteiger partial charge in [0, 0.05) is 11.5 Å². The average molecular weight is 485 g/mol. The van der Waals surface area contributed by atoms with E-state index < -0.39 is 0 Å². The normalized spacial score (nSPS) is 11.9. The molecule has 0 aliphatic carbocycles. The van der Waals surface area contributed by atoms with Crippen LogP contribution in [0, 0.1) is 0 Å². The second-order valence-electron chi connectivity index (χ2n) is 5.99. The van der Waals surface area contributed by atoms with Crippen molar-refractivity contribution in [1.82, 2.24) is 0 Å². The van der Waals surface area contributed by atoms with E-state index in [1.807, 2.05) is 24.3 Å². The van der Waals surface area contributed by atoms with Crippen LogP contribution in [0.25, 0.3) is 0 Å². The monoisotopic (exact) mass is 484 g/mol. The highest BCUT2D eigenvalue weighted by Crippen LogP contribution is 2.31. The molecule has 0 amide bonds. The van der Waals surface area contributed by atoms with Gasteiger partial charge in [0.2, 0.25) is 0 Å². The van der Waals surface area contributed by atoms with Crippen molar-refractivity contribution in [2.24, 2.45) is 0 Å². The van der Waals surface area contributed by atoms with Crippen molar-refractivity contribution in [3.8, 4) is 11.5 Å². The molecular formula is C21H25BrO4S2. The molecule has 28 heavy (non-hydrogen) atoms. The maximum Gasteiger partial charge on any atom is 0.319 e. The van der Waals surface area contributed by atoms with Crippen molar-refractivity contribution in [2.45, 2.75) is 27.8 Å². The molecule has 1 unspecified atom stereocenters. The molecule has 0 aliphatic rings. The number of methoxy groups -OCH3 is 2. The van der Waals surface area contributed by atoms with Gasteiger partial charge in [0.15, 0.2) is 0 Å². The van der Waals surface area contributed by atoms with E-state index in [1.165, 1.54) is 11.1 Å². The van der Waals surface area contributed by atoms with Gasteiger partial charge in [0.1, 0.15) is 22.9 Å². The minimum Gasteiger partial charge on any atom is -0.497 e. The quantitative estimate of drug-likeness (QED) is 0.237. The summed E-state index contributed by atoms with van der Waals surface area (Å²) in [6.07, 6.45) is 0. The van der Waals surface area contributed by atoms with Crippen LogP contribution in [-0.2, 0) is 21.0 Å². The Labute approximate surface area is 183 Å². The summed E-state index contributed by atoms with van der Waals surface area (Å²) in [5, 5.41) is 0. The molecular weight excluding hydrogens is 460 g/mol. The lowest BCUT2D eigenvalue weighted by Gasteiger charge is -2.17. The predicted molar refractivity (Wildman–Crippen MR) is 122 cm³/mol. The van der Waals surface area contributed by atoms with E-state index in [-0.39, 0.29) is 15.4 Å². The van der Waals surface area contributed by atoms with Gasteiger partial charge in [-0.25, -0.2) is 0 Å². The number of esters is 1. The number of hydrogen-bond acceptors (Lipinski definition) is 6. The summed E-state index contributed by atoms with van der Waals surface area (Å²) in [6.45, 7) is 2.14. The van der Waals surface area contributed by atoms with Gasteiger partial charge < -0.3 is 14.2 Å². The maximum atomic E-state index is 11.8. The van der Waals surface area contributed by atoms with E-state index >= 15 is 0 Å². The first-order chi connectivity index (χ1) is 13.5. The van der Waals surface area contributed by atoms with Crippen molar-refractivity contribution >= 4 is 45.4 Å². The molecule has 0 saturated carbocycles. The number of halogens is 1. The average Bonchev–Trinajstić information content (AvgIpc) is 2.73. The minimum absolute atomic E-state index is 0.138. The fourth-order valence-corrected chi connectivity index (χ4v) is 4.63. The molecule has 7 heteroatoms. The van der Waals surface area contributed by atoms with E-state index in [9.17, 15) is 4.79 Å². The van der Waals surface area contributed by atoms with Crippen LogP contribution in [0.4, 0.5) is 0 Å². The summed E-state index contributed by atoms with van der Waals surface area (Å²) in [4.78, 5) is 11.5. The van der Waals surface area contributed by atoms with Gasteiger partial charge in [0.25, 0.3) is 0 Å². The molecule has 2 aromatic carbocycles. The molecule has 0 spiro atoms. The molecule has 0 fully saturated rings. The lowest BCUT2D eigenvalue weighted by molar-refractivity contribution is -0.141. The van der Waals surface area contributed by atoms with Crippen LogP contribution in [0.2, 0.25) is 0 Å². The van der Waals surface area contributed by atoms with E-state index in [0.29, 0.717) is 6.61 Å². The predicted octanol–water partition coefficient (Wildman–Crippen LogP) is 5.52. The molecule has 152 valence electrons. The molecule has 2 rings (SSSR count). The topological polar surface area (TPSA) is 44.8 Å². The Morgan fingerprint density at radius 2 is 1.32 bits per heavy atom. The number of ether oxygens (including phenoxy) is 3. The Balaban J connectivity index is 1.93. The molecule has 0 aliphatic heterocycles. The molecule has 4 nitrogen and oxygen atoms in total. The third-order valence-electron chi connectivity index (χ3n) is 3.88. The molecule has 0 radical (unpaired) electrons. The smallest absolute Gasteiger partial charge is 0.319 e. The first kappa shape index (κ1) is 23.0. The SMILES string of the molecule is COc1ccc(CSC(COC(=O)C(C)Br)SCc2ccc(OC)cc2)cc1. The number of hydrogen-bond donors (Lipinski definition) is 0. The van der Waals surface area contributed by atoms with Crippen molar-refractivity contribution in [1.29, 1.82) is 0 Å². The second-order valence-corrected chi connectivity index (χ2v) is 10.0. The van der Waals surface area contributed by atoms with Crippen LogP contribution in [0.1, 0.15) is 18.1 Å². The van der Waals surface area contributed by atoms with Crippen molar-refractivity contribution < 1.29 is 19.0 Å². The molecule has 0 saturated heterocycles.